The topological polar surface area (TPSA) is 77.2 Å². The Morgan fingerprint density at radius 2 is 2.24 bits per heavy atom. The lowest BCUT2D eigenvalue weighted by Gasteiger charge is -2.04. The van der Waals surface area contributed by atoms with E-state index in [1.165, 1.54) is 7.11 Å². The molecule has 0 unspecified atom stereocenters. The molecule has 2 aromatic rings. The van der Waals surface area contributed by atoms with E-state index in [9.17, 15) is 4.79 Å². The van der Waals surface area contributed by atoms with Crippen LogP contribution >= 0.6 is 0 Å². The van der Waals surface area contributed by atoms with Crippen molar-refractivity contribution in [1.82, 2.24) is 10.2 Å². The van der Waals surface area contributed by atoms with Crippen LogP contribution in [-0.4, -0.2) is 23.4 Å². The van der Waals surface area contributed by atoms with Gasteiger partial charge in [-0.2, -0.15) is 0 Å². The number of carbonyl (C=O) groups excluding carboxylic acids is 1. The lowest BCUT2D eigenvalue weighted by Crippen LogP contribution is -2.10. The van der Waals surface area contributed by atoms with E-state index in [0.29, 0.717) is 17.5 Å². The molecule has 0 radical (unpaired) electrons. The van der Waals surface area contributed by atoms with Crippen LogP contribution in [0.3, 0.4) is 0 Å². The van der Waals surface area contributed by atoms with Crippen LogP contribution in [-0.2, 0) is 4.74 Å². The number of carbonyl (C=O) groups is 1. The molecule has 1 amide bonds. The molecule has 0 aliphatic rings. The Bertz CT molecular complexity index is 536. The first-order valence-electron chi connectivity index (χ1n) is 4.94. The average molecular weight is 233 g/mol. The molecule has 0 saturated carbocycles. The fourth-order valence-corrected chi connectivity index (χ4v) is 1.31. The number of ether oxygens (including phenoxy) is 1. The standard InChI is InChI=1S/C11H11N3O3/c1-7-13-14-10(17-7)8-4-3-5-9(6-8)12-11(15)16-2/h3-6H,1-2H3,(H,12,15). The van der Waals surface area contributed by atoms with Gasteiger partial charge in [0.05, 0.1) is 7.11 Å². The maximum absolute atomic E-state index is 11.0. The van der Waals surface area contributed by atoms with Crippen molar-refractivity contribution in [3.05, 3.63) is 30.2 Å². The number of nitrogens with zero attached hydrogens (tertiary/aromatic N) is 2. The highest BCUT2D eigenvalue weighted by Gasteiger charge is 2.07. The third kappa shape index (κ3) is 2.60. The van der Waals surface area contributed by atoms with Crippen LogP contribution in [0.15, 0.2) is 28.7 Å². The SMILES string of the molecule is COC(=O)Nc1cccc(-c2nnc(C)o2)c1. The number of aromatic nitrogens is 2. The quantitative estimate of drug-likeness (QED) is 0.860. The van der Waals surface area contributed by atoms with Gasteiger partial charge in [0.15, 0.2) is 0 Å². The molecular weight excluding hydrogens is 222 g/mol. The van der Waals surface area contributed by atoms with Crippen molar-refractivity contribution in [3.8, 4) is 11.5 Å². The minimum absolute atomic E-state index is 0.413. The lowest BCUT2D eigenvalue weighted by molar-refractivity contribution is 0.187. The molecule has 6 nitrogen and oxygen atoms in total. The zero-order valence-corrected chi connectivity index (χ0v) is 9.43. The largest absolute Gasteiger partial charge is 0.453 e. The predicted octanol–water partition coefficient (Wildman–Crippen LogP) is 2.22. The molecule has 1 N–H and O–H groups in total. The molecule has 0 fully saturated rings. The molecular formula is C11H11N3O3. The molecule has 0 atom stereocenters. The molecule has 17 heavy (non-hydrogen) atoms. The summed E-state index contributed by atoms with van der Waals surface area (Å²) in [5, 5.41) is 10.2. The van der Waals surface area contributed by atoms with E-state index in [1.807, 2.05) is 6.07 Å². The second-order valence-corrected chi connectivity index (χ2v) is 3.32. The van der Waals surface area contributed by atoms with Crippen LogP contribution in [0.4, 0.5) is 10.5 Å². The number of hydrogen-bond acceptors (Lipinski definition) is 5. The van der Waals surface area contributed by atoms with E-state index in [2.05, 4.69) is 20.3 Å². The van der Waals surface area contributed by atoms with Crippen molar-refractivity contribution in [3.63, 3.8) is 0 Å². The van der Waals surface area contributed by atoms with Gasteiger partial charge in [0.1, 0.15) is 0 Å². The number of aryl methyl sites for hydroxylation is 1. The molecule has 0 spiro atoms. The van der Waals surface area contributed by atoms with E-state index in [0.717, 1.165) is 5.56 Å². The number of hydrogen-bond donors (Lipinski definition) is 1. The molecule has 0 aliphatic heterocycles. The minimum atomic E-state index is -0.524. The summed E-state index contributed by atoms with van der Waals surface area (Å²) in [6.45, 7) is 1.72. The molecule has 6 heteroatoms. The second kappa shape index (κ2) is 4.65. The van der Waals surface area contributed by atoms with Gasteiger partial charge in [-0.1, -0.05) is 6.07 Å². The zero-order chi connectivity index (χ0) is 12.3. The van der Waals surface area contributed by atoms with E-state index < -0.39 is 6.09 Å². The number of rotatable bonds is 2. The summed E-state index contributed by atoms with van der Waals surface area (Å²) < 4.78 is 9.79. The Morgan fingerprint density at radius 3 is 2.88 bits per heavy atom. The Morgan fingerprint density at radius 1 is 1.41 bits per heavy atom. The van der Waals surface area contributed by atoms with Crippen LogP contribution in [0, 0.1) is 6.92 Å². The van der Waals surface area contributed by atoms with Crippen molar-refractivity contribution >= 4 is 11.8 Å². The number of anilines is 1. The molecule has 88 valence electrons. The van der Waals surface area contributed by atoms with Crippen LogP contribution in [0.2, 0.25) is 0 Å². The summed E-state index contributed by atoms with van der Waals surface area (Å²) in [4.78, 5) is 11.0. The maximum Gasteiger partial charge on any atom is 0.411 e. The van der Waals surface area contributed by atoms with Gasteiger partial charge in [-0.15, -0.1) is 10.2 Å². The number of methoxy groups -OCH3 is 1. The van der Waals surface area contributed by atoms with Crippen molar-refractivity contribution in [2.24, 2.45) is 0 Å². The smallest absolute Gasteiger partial charge is 0.411 e. The van der Waals surface area contributed by atoms with Gasteiger partial charge in [-0.3, -0.25) is 5.32 Å². The number of nitrogens with one attached hydrogen (secondary N) is 1. The molecule has 1 aromatic carbocycles. The lowest BCUT2D eigenvalue weighted by atomic mass is 10.2. The Labute approximate surface area is 97.6 Å². The average Bonchev–Trinajstić information content (AvgIpc) is 2.76. The van der Waals surface area contributed by atoms with Gasteiger partial charge >= 0.3 is 6.09 Å². The van der Waals surface area contributed by atoms with Crippen LogP contribution in [0.1, 0.15) is 5.89 Å². The normalized spacial score (nSPS) is 10.0. The van der Waals surface area contributed by atoms with Gasteiger partial charge in [-0.25, -0.2) is 4.79 Å². The van der Waals surface area contributed by atoms with Gasteiger partial charge < -0.3 is 9.15 Å². The van der Waals surface area contributed by atoms with Gasteiger partial charge in [0, 0.05) is 18.2 Å². The minimum Gasteiger partial charge on any atom is -0.453 e. The van der Waals surface area contributed by atoms with E-state index >= 15 is 0 Å². The highest BCUT2D eigenvalue weighted by atomic mass is 16.5. The predicted molar refractivity (Wildman–Crippen MR) is 60.5 cm³/mol. The fraction of sp³-hybridized carbons (Fsp3) is 0.182. The first-order valence-corrected chi connectivity index (χ1v) is 4.94. The molecule has 0 saturated heterocycles. The molecule has 1 aromatic heterocycles. The molecule has 0 aliphatic carbocycles. The third-order valence-electron chi connectivity index (χ3n) is 2.07. The van der Waals surface area contributed by atoms with E-state index in [1.54, 1.807) is 25.1 Å². The highest BCUT2D eigenvalue weighted by molar-refractivity contribution is 5.85. The Balaban J connectivity index is 2.25. The Hall–Kier alpha value is -2.37. The van der Waals surface area contributed by atoms with Crippen molar-refractivity contribution in [1.29, 1.82) is 0 Å². The summed E-state index contributed by atoms with van der Waals surface area (Å²) in [5.41, 5.74) is 1.34. The van der Waals surface area contributed by atoms with Crippen molar-refractivity contribution in [2.75, 3.05) is 12.4 Å². The monoisotopic (exact) mass is 233 g/mol. The van der Waals surface area contributed by atoms with E-state index in [4.69, 9.17) is 4.42 Å². The summed E-state index contributed by atoms with van der Waals surface area (Å²) in [5.74, 6) is 0.905. The number of benzene rings is 1. The van der Waals surface area contributed by atoms with Crippen LogP contribution in [0.5, 0.6) is 0 Å². The third-order valence-corrected chi connectivity index (χ3v) is 2.07. The number of amides is 1. The summed E-state index contributed by atoms with van der Waals surface area (Å²) in [6, 6.07) is 7.06. The summed E-state index contributed by atoms with van der Waals surface area (Å²) in [7, 11) is 1.31. The van der Waals surface area contributed by atoms with Gasteiger partial charge in [0.2, 0.25) is 11.8 Å². The first kappa shape index (κ1) is 11.1. The van der Waals surface area contributed by atoms with Crippen molar-refractivity contribution in [2.45, 2.75) is 6.92 Å². The Kier molecular flexibility index (Phi) is 3.04. The second-order valence-electron chi connectivity index (χ2n) is 3.32. The van der Waals surface area contributed by atoms with Gasteiger partial charge in [0.25, 0.3) is 0 Å². The molecule has 2 rings (SSSR count). The summed E-state index contributed by atoms with van der Waals surface area (Å²) in [6.07, 6.45) is -0.524. The van der Waals surface area contributed by atoms with Crippen molar-refractivity contribution < 1.29 is 13.9 Å². The van der Waals surface area contributed by atoms with E-state index in [-0.39, 0.29) is 0 Å². The van der Waals surface area contributed by atoms with Gasteiger partial charge in [-0.05, 0) is 18.2 Å². The van der Waals surface area contributed by atoms with Crippen LogP contribution < -0.4 is 5.32 Å². The maximum atomic E-state index is 11.0. The first-order chi connectivity index (χ1) is 8.19. The summed E-state index contributed by atoms with van der Waals surface area (Å²) >= 11 is 0. The molecule has 0 bridgehead atoms. The van der Waals surface area contributed by atoms with Crippen LogP contribution in [0.25, 0.3) is 11.5 Å². The highest BCUT2D eigenvalue weighted by Crippen LogP contribution is 2.21. The zero-order valence-electron chi connectivity index (χ0n) is 9.43. The fourth-order valence-electron chi connectivity index (χ4n) is 1.31. The molecule has 1 heterocycles.